The van der Waals surface area contributed by atoms with E-state index in [1.807, 2.05) is 0 Å². The third kappa shape index (κ3) is 4.39. The van der Waals surface area contributed by atoms with E-state index < -0.39 is 23.4 Å². The summed E-state index contributed by atoms with van der Waals surface area (Å²) in [6.07, 6.45) is 5.99. The molecule has 5 rings (SSSR count). The summed E-state index contributed by atoms with van der Waals surface area (Å²) in [5.41, 5.74) is 7.55. The summed E-state index contributed by atoms with van der Waals surface area (Å²) >= 11 is 0. The zero-order valence-electron chi connectivity index (χ0n) is 19.0. The van der Waals surface area contributed by atoms with E-state index in [9.17, 15) is 18.0 Å². The number of nitrogens with two attached hydrogens (primary N) is 1. The van der Waals surface area contributed by atoms with Crippen LogP contribution < -0.4 is 10.5 Å². The number of aromatic nitrogens is 1. The topological polar surface area (TPSA) is 71.3 Å². The number of aromatic amines is 1. The molecule has 3 N–H and O–H groups in total. The van der Waals surface area contributed by atoms with Crippen molar-refractivity contribution in [3.05, 3.63) is 64.6 Å². The minimum absolute atomic E-state index is 0.0270. The highest BCUT2D eigenvalue weighted by Crippen LogP contribution is 2.36. The molecule has 1 amide bonds. The molecular weight excluding hydrogens is 443 g/mol. The Bertz CT molecular complexity index is 1240. The molecule has 2 heterocycles. The zero-order chi connectivity index (χ0) is 24.0. The summed E-state index contributed by atoms with van der Waals surface area (Å²) in [4.78, 5) is 17.2. The number of rotatable bonds is 8. The maximum atomic E-state index is 14.3. The van der Waals surface area contributed by atoms with Gasteiger partial charge >= 0.3 is 0 Å². The number of nitrogens with zero attached hydrogens (tertiary/aromatic N) is 1. The summed E-state index contributed by atoms with van der Waals surface area (Å²) in [7, 11) is 0. The van der Waals surface area contributed by atoms with Gasteiger partial charge in [0, 0.05) is 47.4 Å². The quantitative estimate of drug-likeness (QED) is 0.499. The van der Waals surface area contributed by atoms with Crippen LogP contribution in [-0.2, 0) is 12.8 Å². The zero-order valence-corrected chi connectivity index (χ0v) is 19.0. The SMILES string of the molecule is C[C@@H](CCc1c[nH]c2c(F)cc(F)cc12)N(CC1CC1)[C@@H]1COc2c(F)ccc(C(N)=O)c2C1. The maximum Gasteiger partial charge on any atom is 0.249 e. The van der Waals surface area contributed by atoms with Gasteiger partial charge in [0.25, 0.3) is 0 Å². The first-order valence-electron chi connectivity index (χ1n) is 11.8. The number of H-pyrrole nitrogens is 1. The third-order valence-corrected chi connectivity index (χ3v) is 7.16. The molecule has 0 bridgehead atoms. The standard InChI is InChI=1S/C26H28F3N3O2/c1-14(2-5-16-11-31-24-20(16)8-17(27)9-23(24)29)32(12-15-3-4-15)18-10-21-19(26(30)33)6-7-22(28)25(21)34-13-18/h6-9,11,14-15,18,31H,2-5,10,12-13H2,1H3,(H2,30,33)/t14-,18-/m0/s1. The Balaban J connectivity index is 1.35. The van der Waals surface area contributed by atoms with Crippen LogP contribution in [0, 0.1) is 23.4 Å². The Kier molecular flexibility index (Phi) is 6.02. The second-order valence-electron chi connectivity index (χ2n) is 9.59. The highest BCUT2D eigenvalue weighted by molar-refractivity contribution is 5.95. The average Bonchev–Trinajstić information content (AvgIpc) is 3.53. The summed E-state index contributed by atoms with van der Waals surface area (Å²) in [6, 6.07) is 5.00. The molecule has 5 nitrogen and oxygen atoms in total. The molecule has 1 aromatic heterocycles. The van der Waals surface area contributed by atoms with Crippen LogP contribution in [0.15, 0.2) is 30.5 Å². The molecule has 180 valence electrons. The average molecular weight is 472 g/mol. The number of nitrogens with one attached hydrogen (secondary N) is 1. The van der Waals surface area contributed by atoms with Gasteiger partial charge in [-0.05, 0) is 68.7 Å². The lowest BCUT2D eigenvalue weighted by Crippen LogP contribution is -2.49. The highest BCUT2D eigenvalue weighted by Gasteiger charge is 2.35. The number of aryl methyl sites for hydroxylation is 1. The van der Waals surface area contributed by atoms with Gasteiger partial charge in [0.2, 0.25) is 5.91 Å². The van der Waals surface area contributed by atoms with Crippen molar-refractivity contribution in [3.8, 4) is 5.75 Å². The first-order chi connectivity index (χ1) is 16.3. The van der Waals surface area contributed by atoms with E-state index in [0.29, 0.717) is 47.4 Å². The van der Waals surface area contributed by atoms with Crippen LogP contribution in [0.3, 0.4) is 0 Å². The number of ether oxygens (including phenoxy) is 1. The first-order valence-corrected chi connectivity index (χ1v) is 11.8. The van der Waals surface area contributed by atoms with Crippen LogP contribution in [0.4, 0.5) is 13.2 Å². The van der Waals surface area contributed by atoms with Crippen molar-refractivity contribution >= 4 is 16.8 Å². The van der Waals surface area contributed by atoms with E-state index in [1.54, 1.807) is 6.20 Å². The fraction of sp³-hybridized carbons (Fsp3) is 0.423. The lowest BCUT2D eigenvalue weighted by atomic mass is 9.94. The van der Waals surface area contributed by atoms with Crippen LogP contribution in [0.25, 0.3) is 10.9 Å². The minimum atomic E-state index is -0.597. The maximum absolute atomic E-state index is 14.3. The molecule has 2 atom stereocenters. The Morgan fingerprint density at radius 2 is 2.03 bits per heavy atom. The Labute approximate surface area is 196 Å². The van der Waals surface area contributed by atoms with Gasteiger partial charge in [-0.1, -0.05) is 0 Å². The number of primary amides is 1. The van der Waals surface area contributed by atoms with E-state index in [-0.39, 0.29) is 17.8 Å². The molecule has 34 heavy (non-hydrogen) atoms. The number of carbonyl (C=O) groups excluding carboxylic acids is 1. The molecule has 3 aromatic rings. The number of benzene rings is 2. The van der Waals surface area contributed by atoms with Crippen molar-refractivity contribution in [3.63, 3.8) is 0 Å². The van der Waals surface area contributed by atoms with E-state index in [1.165, 1.54) is 31.0 Å². The molecule has 1 fully saturated rings. The molecule has 1 aliphatic heterocycles. The van der Waals surface area contributed by atoms with E-state index in [2.05, 4.69) is 16.8 Å². The first kappa shape index (κ1) is 22.8. The fourth-order valence-corrected chi connectivity index (χ4v) is 5.11. The summed E-state index contributed by atoms with van der Waals surface area (Å²) in [5, 5.41) is 0.565. The summed E-state index contributed by atoms with van der Waals surface area (Å²) in [6.45, 7) is 3.35. The van der Waals surface area contributed by atoms with Crippen molar-refractivity contribution < 1.29 is 22.7 Å². The monoisotopic (exact) mass is 471 g/mol. The van der Waals surface area contributed by atoms with Gasteiger partial charge in [-0.15, -0.1) is 0 Å². The lowest BCUT2D eigenvalue weighted by molar-refractivity contribution is 0.0752. The second kappa shape index (κ2) is 8.98. The minimum Gasteiger partial charge on any atom is -0.489 e. The Hall–Kier alpha value is -3.00. The summed E-state index contributed by atoms with van der Waals surface area (Å²) in [5.74, 6) is -1.54. The molecule has 1 aliphatic carbocycles. The molecule has 0 radical (unpaired) electrons. The van der Waals surface area contributed by atoms with Gasteiger partial charge in [-0.25, -0.2) is 13.2 Å². The van der Waals surface area contributed by atoms with Crippen LogP contribution in [0.5, 0.6) is 5.75 Å². The van der Waals surface area contributed by atoms with Crippen LogP contribution >= 0.6 is 0 Å². The molecule has 0 spiro atoms. The largest absolute Gasteiger partial charge is 0.489 e. The van der Waals surface area contributed by atoms with Crippen molar-refractivity contribution in [2.45, 2.75) is 51.1 Å². The van der Waals surface area contributed by atoms with Crippen LogP contribution in [0.2, 0.25) is 0 Å². The molecule has 8 heteroatoms. The third-order valence-electron chi connectivity index (χ3n) is 7.16. The van der Waals surface area contributed by atoms with Gasteiger partial charge in [-0.3, -0.25) is 9.69 Å². The van der Waals surface area contributed by atoms with Crippen LogP contribution in [0.1, 0.15) is 47.7 Å². The summed E-state index contributed by atoms with van der Waals surface area (Å²) < 4.78 is 48.0. The second-order valence-corrected chi connectivity index (χ2v) is 9.59. The number of carbonyl (C=O) groups is 1. The van der Waals surface area contributed by atoms with E-state index in [0.717, 1.165) is 24.6 Å². The van der Waals surface area contributed by atoms with E-state index in [4.69, 9.17) is 10.5 Å². The Morgan fingerprint density at radius 1 is 1.24 bits per heavy atom. The highest BCUT2D eigenvalue weighted by atomic mass is 19.1. The fourth-order valence-electron chi connectivity index (χ4n) is 5.11. The predicted octanol–water partition coefficient (Wildman–Crippen LogP) is 4.72. The molecule has 2 aliphatic rings. The Morgan fingerprint density at radius 3 is 2.76 bits per heavy atom. The number of amides is 1. The van der Waals surface area contributed by atoms with Gasteiger partial charge < -0.3 is 15.5 Å². The van der Waals surface area contributed by atoms with E-state index >= 15 is 0 Å². The lowest BCUT2D eigenvalue weighted by Gasteiger charge is -2.39. The van der Waals surface area contributed by atoms with Crippen molar-refractivity contribution in [1.82, 2.24) is 9.88 Å². The normalized spacial score (nSPS) is 18.7. The molecule has 1 saturated carbocycles. The molecule has 0 saturated heterocycles. The van der Waals surface area contributed by atoms with Crippen molar-refractivity contribution in [1.29, 1.82) is 0 Å². The molecule has 2 aromatic carbocycles. The number of hydrogen-bond acceptors (Lipinski definition) is 3. The number of halogens is 3. The number of hydrogen-bond donors (Lipinski definition) is 2. The number of fused-ring (bicyclic) bond motifs is 2. The molecule has 0 unspecified atom stereocenters. The molecular formula is C26H28F3N3O2. The van der Waals surface area contributed by atoms with Gasteiger partial charge in [0.1, 0.15) is 18.2 Å². The predicted molar refractivity (Wildman–Crippen MR) is 123 cm³/mol. The van der Waals surface area contributed by atoms with Crippen molar-refractivity contribution in [2.75, 3.05) is 13.2 Å². The van der Waals surface area contributed by atoms with Gasteiger partial charge in [0.05, 0.1) is 5.52 Å². The van der Waals surface area contributed by atoms with Crippen LogP contribution in [-0.4, -0.2) is 41.0 Å². The van der Waals surface area contributed by atoms with Gasteiger partial charge in [0.15, 0.2) is 11.6 Å². The van der Waals surface area contributed by atoms with Gasteiger partial charge in [-0.2, -0.15) is 0 Å². The smallest absolute Gasteiger partial charge is 0.249 e. The van der Waals surface area contributed by atoms with Crippen molar-refractivity contribution in [2.24, 2.45) is 11.7 Å².